The summed E-state index contributed by atoms with van der Waals surface area (Å²) in [6, 6.07) is 7.58. The normalized spacial score (nSPS) is 18.2. The number of rotatable bonds is 4. The Balaban J connectivity index is 1.92. The summed E-state index contributed by atoms with van der Waals surface area (Å²) in [6.45, 7) is 6.27. The van der Waals surface area contributed by atoms with Gasteiger partial charge in [0.25, 0.3) is 0 Å². The predicted molar refractivity (Wildman–Crippen MR) is 99.1 cm³/mol. The number of aromatic nitrogens is 2. The van der Waals surface area contributed by atoms with Crippen LogP contribution in [0.1, 0.15) is 38.8 Å². The van der Waals surface area contributed by atoms with Crippen molar-refractivity contribution in [2.45, 2.75) is 44.9 Å². The highest BCUT2D eigenvalue weighted by Gasteiger charge is 2.42. The van der Waals surface area contributed by atoms with Crippen molar-refractivity contribution in [3.63, 3.8) is 0 Å². The van der Waals surface area contributed by atoms with Gasteiger partial charge in [-0.05, 0) is 44.9 Å². The molecule has 1 fully saturated rings. The van der Waals surface area contributed by atoms with Gasteiger partial charge in [0.15, 0.2) is 0 Å². The van der Waals surface area contributed by atoms with E-state index in [-0.39, 0.29) is 18.2 Å². The Bertz CT molecular complexity index is 781. The fourth-order valence-corrected chi connectivity index (χ4v) is 3.16. The van der Waals surface area contributed by atoms with Gasteiger partial charge < -0.3 is 20.1 Å². The Hall–Kier alpha value is -2.70. The second-order valence-electron chi connectivity index (χ2n) is 7.50. The van der Waals surface area contributed by atoms with Crippen LogP contribution < -0.4 is 10.5 Å². The van der Waals surface area contributed by atoms with Crippen molar-refractivity contribution in [2.24, 2.45) is 0 Å². The summed E-state index contributed by atoms with van der Waals surface area (Å²) in [7, 11) is 1.64. The second-order valence-corrected chi connectivity index (χ2v) is 7.50. The van der Waals surface area contributed by atoms with E-state index in [0.717, 1.165) is 17.7 Å². The van der Waals surface area contributed by atoms with Crippen LogP contribution in [0.25, 0.3) is 0 Å². The van der Waals surface area contributed by atoms with Crippen molar-refractivity contribution in [3.8, 4) is 5.75 Å². The summed E-state index contributed by atoms with van der Waals surface area (Å²) in [4.78, 5) is 14.3. The monoisotopic (exact) mass is 358 g/mol. The molecule has 2 heterocycles. The van der Waals surface area contributed by atoms with Crippen LogP contribution in [0.15, 0.2) is 36.7 Å². The third kappa shape index (κ3) is 3.76. The van der Waals surface area contributed by atoms with Gasteiger partial charge in [0.2, 0.25) is 0 Å². The van der Waals surface area contributed by atoms with E-state index >= 15 is 0 Å². The highest BCUT2D eigenvalue weighted by atomic mass is 16.6. The maximum absolute atomic E-state index is 12.6. The third-order valence-corrected chi connectivity index (χ3v) is 4.40. The molecule has 2 N–H and O–H groups in total. The van der Waals surface area contributed by atoms with E-state index in [9.17, 15) is 4.79 Å². The summed E-state index contributed by atoms with van der Waals surface area (Å²) in [5.41, 5.74) is 6.94. The lowest BCUT2D eigenvalue weighted by molar-refractivity contribution is -0.0136. The molecule has 26 heavy (non-hydrogen) atoms. The first-order valence-electron chi connectivity index (χ1n) is 8.72. The minimum absolute atomic E-state index is 0.0590. The molecule has 3 rings (SSSR count). The number of ether oxygens (including phenoxy) is 2. The molecule has 140 valence electrons. The number of amides is 1. The predicted octanol–water partition coefficient (Wildman–Crippen LogP) is 3.07. The number of nitrogens with zero attached hydrogens (tertiary/aromatic N) is 3. The summed E-state index contributed by atoms with van der Waals surface area (Å²) >= 11 is 0. The average molecular weight is 358 g/mol. The van der Waals surface area contributed by atoms with E-state index in [2.05, 4.69) is 5.10 Å². The Morgan fingerprint density at radius 1 is 1.38 bits per heavy atom. The molecular formula is C19H26N4O3. The van der Waals surface area contributed by atoms with Gasteiger partial charge in [0, 0.05) is 12.7 Å². The zero-order chi connectivity index (χ0) is 18.9. The number of benzene rings is 1. The number of likely N-dealkylation sites (tertiary alicyclic amines) is 1. The minimum atomic E-state index is -0.529. The third-order valence-electron chi connectivity index (χ3n) is 4.40. The molecule has 0 saturated carbocycles. The molecule has 1 unspecified atom stereocenters. The van der Waals surface area contributed by atoms with Crippen molar-refractivity contribution >= 4 is 11.8 Å². The van der Waals surface area contributed by atoms with Gasteiger partial charge in [-0.15, -0.1) is 0 Å². The number of anilines is 1. The fraction of sp³-hybridized carbons (Fsp3) is 0.474. The maximum Gasteiger partial charge on any atom is 0.410 e. The van der Waals surface area contributed by atoms with Crippen molar-refractivity contribution in [1.82, 2.24) is 14.7 Å². The number of hydrogen-bond donors (Lipinski definition) is 1. The van der Waals surface area contributed by atoms with Crippen molar-refractivity contribution in [1.29, 1.82) is 0 Å². The van der Waals surface area contributed by atoms with Crippen LogP contribution in [0.4, 0.5) is 10.5 Å². The summed E-state index contributed by atoms with van der Waals surface area (Å²) in [5, 5.41) is 4.39. The molecule has 1 amide bonds. The van der Waals surface area contributed by atoms with Crippen LogP contribution in [0.5, 0.6) is 5.75 Å². The maximum atomic E-state index is 12.6. The molecule has 0 bridgehead atoms. The number of nitrogen functional groups attached to an aromatic ring is 1. The van der Waals surface area contributed by atoms with Crippen LogP contribution in [0.2, 0.25) is 0 Å². The SMILES string of the molecule is COc1cccc(C([C@@H]2CCN2C(=O)OC(C)(C)C)n2cc(N)cn2)c1. The number of carbonyl (C=O) groups is 1. The van der Waals surface area contributed by atoms with Crippen molar-refractivity contribution in [2.75, 3.05) is 19.4 Å². The molecule has 2 atom stereocenters. The Morgan fingerprint density at radius 3 is 2.69 bits per heavy atom. The largest absolute Gasteiger partial charge is 0.497 e. The molecule has 1 saturated heterocycles. The van der Waals surface area contributed by atoms with Gasteiger partial charge in [-0.25, -0.2) is 4.79 Å². The lowest BCUT2D eigenvalue weighted by Gasteiger charge is -2.45. The van der Waals surface area contributed by atoms with Crippen molar-refractivity contribution in [3.05, 3.63) is 42.2 Å². The standard InChI is InChI=1S/C19H26N4O3/c1-19(2,3)26-18(24)22-9-8-16(22)17(23-12-14(20)11-21-23)13-6-5-7-15(10-13)25-4/h5-7,10-12,16-17H,8-9,20H2,1-4H3/t16-,17?/m0/s1. The number of nitrogens with two attached hydrogens (primary N) is 1. The Labute approximate surface area is 153 Å². The molecule has 0 aliphatic carbocycles. The molecule has 1 aromatic heterocycles. The quantitative estimate of drug-likeness (QED) is 0.908. The smallest absolute Gasteiger partial charge is 0.410 e. The van der Waals surface area contributed by atoms with E-state index in [1.807, 2.05) is 49.7 Å². The highest BCUT2D eigenvalue weighted by molar-refractivity contribution is 5.70. The molecule has 7 nitrogen and oxygen atoms in total. The van der Waals surface area contributed by atoms with Gasteiger partial charge in [0.1, 0.15) is 11.4 Å². The lowest BCUT2D eigenvalue weighted by Crippen LogP contribution is -2.56. The van der Waals surface area contributed by atoms with Gasteiger partial charge in [-0.3, -0.25) is 4.68 Å². The number of hydrogen-bond acceptors (Lipinski definition) is 5. The number of carbonyl (C=O) groups excluding carboxylic acids is 1. The molecule has 0 spiro atoms. The van der Waals surface area contributed by atoms with Gasteiger partial charge in [0.05, 0.1) is 31.1 Å². The first-order chi connectivity index (χ1) is 12.3. The van der Waals surface area contributed by atoms with E-state index in [1.54, 1.807) is 24.4 Å². The van der Waals surface area contributed by atoms with Crippen LogP contribution in [0.3, 0.4) is 0 Å². The van der Waals surface area contributed by atoms with Gasteiger partial charge in [-0.1, -0.05) is 12.1 Å². The molecule has 1 aliphatic rings. The lowest BCUT2D eigenvalue weighted by atomic mass is 9.90. The number of methoxy groups -OCH3 is 1. The van der Waals surface area contributed by atoms with Gasteiger partial charge in [-0.2, -0.15) is 5.10 Å². The first-order valence-corrected chi connectivity index (χ1v) is 8.72. The van der Waals surface area contributed by atoms with E-state index in [1.165, 1.54) is 0 Å². The summed E-state index contributed by atoms with van der Waals surface area (Å²) in [5.74, 6) is 0.760. The van der Waals surface area contributed by atoms with Crippen LogP contribution in [-0.4, -0.2) is 46.1 Å². The minimum Gasteiger partial charge on any atom is -0.497 e. The van der Waals surface area contributed by atoms with E-state index in [4.69, 9.17) is 15.2 Å². The van der Waals surface area contributed by atoms with E-state index < -0.39 is 5.60 Å². The van der Waals surface area contributed by atoms with Crippen molar-refractivity contribution < 1.29 is 14.3 Å². The molecule has 1 aliphatic heterocycles. The second kappa shape index (κ2) is 6.90. The van der Waals surface area contributed by atoms with Crippen LogP contribution >= 0.6 is 0 Å². The molecular weight excluding hydrogens is 332 g/mol. The summed E-state index contributed by atoms with van der Waals surface area (Å²) in [6.07, 6.45) is 3.96. The topological polar surface area (TPSA) is 82.6 Å². The highest BCUT2D eigenvalue weighted by Crippen LogP contribution is 2.35. The van der Waals surface area contributed by atoms with Gasteiger partial charge >= 0.3 is 6.09 Å². The molecule has 1 aromatic carbocycles. The molecule has 7 heteroatoms. The van der Waals surface area contributed by atoms with Crippen LogP contribution in [-0.2, 0) is 4.74 Å². The fourth-order valence-electron chi connectivity index (χ4n) is 3.16. The Morgan fingerprint density at radius 2 is 2.15 bits per heavy atom. The molecule has 2 aromatic rings. The Kier molecular flexibility index (Phi) is 4.80. The summed E-state index contributed by atoms with van der Waals surface area (Å²) < 4.78 is 12.7. The first kappa shape index (κ1) is 18.1. The van der Waals surface area contributed by atoms with E-state index in [0.29, 0.717) is 12.2 Å². The molecule has 0 radical (unpaired) electrons. The average Bonchev–Trinajstić information content (AvgIpc) is 2.95. The zero-order valence-electron chi connectivity index (χ0n) is 15.7. The zero-order valence-corrected chi connectivity index (χ0v) is 15.7. The van der Waals surface area contributed by atoms with Crippen LogP contribution in [0, 0.1) is 0 Å².